The smallest absolute Gasteiger partial charge is 0.323 e. The summed E-state index contributed by atoms with van der Waals surface area (Å²) in [5, 5.41) is 22.0. The van der Waals surface area contributed by atoms with Crippen LogP contribution >= 0.6 is 0 Å². The average molecular weight is 471 g/mol. The molecule has 0 fully saturated rings. The van der Waals surface area contributed by atoms with Crippen LogP contribution in [-0.2, 0) is 20.8 Å². The van der Waals surface area contributed by atoms with Gasteiger partial charge in [0.25, 0.3) is 0 Å². The lowest BCUT2D eigenvalue weighted by atomic mass is 10.1. The van der Waals surface area contributed by atoms with Crippen molar-refractivity contribution in [2.75, 3.05) is 34.5 Å². The van der Waals surface area contributed by atoms with Gasteiger partial charge in [-0.25, -0.2) is 4.98 Å². The molecule has 0 saturated carbocycles. The number of carboxylic acid groups (broad SMARTS) is 1. The molecule has 0 saturated heterocycles. The van der Waals surface area contributed by atoms with Gasteiger partial charge >= 0.3 is 5.97 Å². The molecular formula is C25H34N4O5. The molecule has 1 aromatic carbocycles. The standard InChI is InChI=1S/C25H34N4O5/c1-15-9-19(12-28(4)16(15)2)24-27-21-8-7-18(11-26-23(17(3)30)25(31)32)10-22(21)29(24)20(13-33-5)14-34-6/h7-10,12,17,20,23,26,30H,2,11,13-14H2,1,3-6H3,(H,31,32)/t17-,23+/m1/s1. The monoisotopic (exact) mass is 470 g/mol. The Morgan fingerprint density at radius 2 is 1.94 bits per heavy atom. The molecule has 0 amide bonds. The lowest BCUT2D eigenvalue weighted by molar-refractivity contribution is -0.142. The number of benzene rings is 1. The van der Waals surface area contributed by atoms with Crippen LogP contribution < -0.4 is 5.32 Å². The largest absolute Gasteiger partial charge is 0.480 e. The van der Waals surface area contributed by atoms with Gasteiger partial charge in [-0.05, 0) is 43.2 Å². The number of likely N-dealkylation sites (N-methyl/N-ethyl adjacent to an activating group) is 1. The highest BCUT2D eigenvalue weighted by molar-refractivity contribution is 5.84. The molecule has 1 aromatic heterocycles. The number of rotatable bonds is 11. The number of imidazole rings is 1. The molecule has 0 aliphatic carbocycles. The third kappa shape index (κ3) is 5.39. The molecule has 9 nitrogen and oxygen atoms in total. The number of aliphatic carboxylic acids is 1. The van der Waals surface area contributed by atoms with E-state index in [0.717, 1.165) is 39.3 Å². The average Bonchev–Trinajstić information content (AvgIpc) is 3.15. The molecule has 9 heteroatoms. The zero-order valence-electron chi connectivity index (χ0n) is 20.4. The fourth-order valence-corrected chi connectivity index (χ4v) is 4.14. The normalized spacial score (nSPS) is 16.1. The maximum Gasteiger partial charge on any atom is 0.323 e. The second kappa shape index (κ2) is 11.0. The Hall–Kier alpha value is -2.98. The first kappa shape index (κ1) is 25.6. The van der Waals surface area contributed by atoms with Gasteiger partial charge < -0.3 is 29.2 Å². The Morgan fingerprint density at radius 1 is 1.26 bits per heavy atom. The van der Waals surface area contributed by atoms with Gasteiger partial charge in [-0.15, -0.1) is 0 Å². The van der Waals surface area contributed by atoms with Crippen LogP contribution in [0.1, 0.15) is 31.3 Å². The fraction of sp³-hybridized carbons (Fsp3) is 0.440. The summed E-state index contributed by atoms with van der Waals surface area (Å²) in [6, 6.07) is 4.62. The highest BCUT2D eigenvalue weighted by Gasteiger charge is 2.25. The van der Waals surface area contributed by atoms with E-state index in [-0.39, 0.29) is 12.6 Å². The number of allylic oxidation sites excluding steroid dienone is 3. The second-order valence-corrected chi connectivity index (χ2v) is 8.60. The minimum atomic E-state index is -1.10. The van der Waals surface area contributed by atoms with Crippen LogP contribution in [0, 0.1) is 0 Å². The van der Waals surface area contributed by atoms with E-state index in [1.807, 2.05) is 43.3 Å². The van der Waals surface area contributed by atoms with Crippen molar-refractivity contribution >= 4 is 22.6 Å². The van der Waals surface area contributed by atoms with Crippen molar-refractivity contribution in [1.29, 1.82) is 0 Å². The van der Waals surface area contributed by atoms with Crippen LogP contribution in [-0.4, -0.2) is 77.3 Å². The van der Waals surface area contributed by atoms with E-state index in [4.69, 9.17) is 14.5 Å². The van der Waals surface area contributed by atoms with Crippen LogP contribution in [0.4, 0.5) is 0 Å². The third-order valence-corrected chi connectivity index (χ3v) is 5.96. The molecule has 3 N–H and O–H groups in total. The molecule has 1 aliphatic rings. The molecule has 2 heterocycles. The Bertz CT molecular complexity index is 1110. The maximum absolute atomic E-state index is 11.4. The summed E-state index contributed by atoms with van der Waals surface area (Å²) >= 11 is 0. The molecule has 0 bridgehead atoms. The maximum atomic E-state index is 11.4. The number of aromatic nitrogens is 2. The lowest BCUT2D eigenvalue weighted by Gasteiger charge is -2.26. The SMILES string of the molecule is C=C1C(C)=CC(c2nc3ccc(CN[C@H](C(=O)O)[C@@H](C)O)cc3n2C(COC)COC)=CN1C. The van der Waals surface area contributed by atoms with Crippen molar-refractivity contribution in [2.24, 2.45) is 0 Å². The lowest BCUT2D eigenvalue weighted by Crippen LogP contribution is -2.44. The summed E-state index contributed by atoms with van der Waals surface area (Å²) in [4.78, 5) is 18.3. The van der Waals surface area contributed by atoms with Gasteiger partial charge in [-0.1, -0.05) is 12.6 Å². The molecule has 34 heavy (non-hydrogen) atoms. The predicted molar refractivity (Wildman–Crippen MR) is 131 cm³/mol. The Morgan fingerprint density at radius 3 is 2.50 bits per heavy atom. The van der Waals surface area contributed by atoms with Crippen molar-refractivity contribution in [3.8, 4) is 0 Å². The Labute approximate surface area is 200 Å². The number of fused-ring (bicyclic) bond motifs is 1. The van der Waals surface area contributed by atoms with Crippen LogP contribution in [0.3, 0.4) is 0 Å². The summed E-state index contributed by atoms with van der Waals surface area (Å²) < 4.78 is 13.1. The number of aliphatic hydroxyl groups is 1. The summed E-state index contributed by atoms with van der Waals surface area (Å²) in [6.45, 7) is 8.72. The molecule has 2 aromatic rings. The van der Waals surface area contributed by atoms with Gasteiger partial charge in [0, 0.05) is 45.3 Å². The van der Waals surface area contributed by atoms with Crippen LogP contribution in [0.2, 0.25) is 0 Å². The number of hydrogen-bond acceptors (Lipinski definition) is 7. The van der Waals surface area contributed by atoms with E-state index < -0.39 is 18.1 Å². The Balaban J connectivity index is 2.10. The number of aliphatic hydroxyl groups excluding tert-OH is 1. The van der Waals surface area contributed by atoms with E-state index in [1.165, 1.54) is 6.92 Å². The summed E-state index contributed by atoms with van der Waals surface area (Å²) in [5.74, 6) is -0.314. The molecule has 0 radical (unpaired) electrons. The number of nitrogens with zero attached hydrogens (tertiary/aromatic N) is 3. The van der Waals surface area contributed by atoms with E-state index in [9.17, 15) is 15.0 Å². The molecule has 1 aliphatic heterocycles. The van der Waals surface area contributed by atoms with Crippen molar-refractivity contribution in [2.45, 2.75) is 38.6 Å². The van der Waals surface area contributed by atoms with Gasteiger partial charge in [0.1, 0.15) is 11.9 Å². The molecule has 0 spiro atoms. The number of carboxylic acids is 1. The molecule has 2 atom stereocenters. The number of ether oxygens (including phenoxy) is 2. The summed E-state index contributed by atoms with van der Waals surface area (Å²) in [5.41, 5.74) is 5.49. The molecular weight excluding hydrogens is 436 g/mol. The first-order valence-corrected chi connectivity index (χ1v) is 11.1. The first-order chi connectivity index (χ1) is 16.2. The zero-order valence-corrected chi connectivity index (χ0v) is 20.4. The highest BCUT2D eigenvalue weighted by Crippen LogP contribution is 2.32. The molecule has 0 unspecified atom stereocenters. The molecule has 184 valence electrons. The summed E-state index contributed by atoms with van der Waals surface area (Å²) in [6.07, 6.45) is 3.05. The van der Waals surface area contributed by atoms with E-state index >= 15 is 0 Å². The Kier molecular flexibility index (Phi) is 8.27. The van der Waals surface area contributed by atoms with E-state index in [1.54, 1.807) is 14.2 Å². The number of methoxy groups -OCH3 is 2. The first-order valence-electron chi connectivity index (χ1n) is 11.1. The van der Waals surface area contributed by atoms with Gasteiger partial charge in [0.2, 0.25) is 0 Å². The minimum Gasteiger partial charge on any atom is -0.480 e. The van der Waals surface area contributed by atoms with Gasteiger partial charge in [-0.3, -0.25) is 10.1 Å². The van der Waals surface area contributed by atoms with E-state index in [0.29, 0.717) is 13.2 Å². The minimum absolute atomic E-state index is 0.132. The fourth-order valence-electron chi connectivity index (χ4n) is 4.14. The van der Waals surface area contributed by atoms with Crippen molar-refractivity contribution < 1.29 is 24.5 Å². The quantitative estimate of drug-likeness (QED) is 0.460. The van der Waals surface area contributed by atoms with Crippen LogP contribution in [0.15, 0.2) is 48.3 Å². The molecule has 3 rings (SSSR count). The van der Waals surface area contributed by atoms with Crippen molar-refractivity contribution in [1.82, 2.24) is 19.8 Å². The summed E-state index contributed by atoms with van der Waals surface area (Å²) in [7, 11) is 5.26. The highest BCUT2D eigenvalue weighted by atomic mass is 16.5. The second-order valence-electron chi connectivity index (χ2n) is 8.60. The number of carbonyl (C=O) groups is 1. The van der Waals surface area contributed by atoms with Crippen molar-refractivity contribution in [3.63, 3.8) is 0 Å². The topological polar surface area (TPSA) is 109 Å². The van der Waals surface area contributed by atoms with Crippen LogP contribution in [0.5, 0.6) is 0 Å². The van der Waals surface area contributed by atoms with Gasteiger partial charge in [0.05, 0.1) is 36.4 Å². The van der Waals surface area contributed by atoms with Gasteiger partial charge in [-0.2, -0.15) is 0 Å². The predicted octanol–water partition coefficient (Wildman–Crippen LogP) is 2.54. The van der Waals surface area contributed by atoms with E-state index in [2.05, 4.69) is 22.5 Å². The van der Waals surface area contributed by atoms with Gasteiger partial charge in [0.15, 0.2) is 0 Å². The number of nitrogens with one attached hydrogen (secondary N) is 1. The van der Waals surface area contributed by atoms with Crippen LogP contribution in [0.25, 0.3) is 16.6 Å². The number of hydrogen-bond donors (Lipinski definition) is 3. The zero-order chi connectivity index (χ0) is 25.0. The third-order valence-electron chi connectivity index (χ3n) is 5.96. The van der Waals surface area contributed by atoms with Crippen molar-refractivity contribution in [3.05, 3.63) is 59.7 Å².